The number of aryl methyl sites for hydroxylation is 2. The van der Waals surface area contributed by atoms with Crippen LogP contribution in [-0.2, 0) is 24.2 Å². The molecule has 0 saturated carbocycles. The van der Waals surface area contributed by atoms with Crippen LogP contribution < -0.4 is 10.1 Å². The average molecular weight is 553 g/mol. The van der Waals surface area contributed by atoms with Gasteiger partial charge in [0.25, 0.3) is 5.91 Å². The van der Waals surface area contributed by atoms with Crippen molar-refractivity contribution in [3.05, 3.63) is 105 Å². The third-order valence-corrected chi connectivity index (χ3v) is 6.50. The fraction of sp³-hybridized carbons (Fsp3) is 0.207. The Balaban J connectivity index is 1.44. The highest BCUT2D eigenvalue weighted by Crippen LogP contribution is 2.24. The highest BCUT2D eigenvalue weighted by Gasteiger charge is 2.16. The number of benzene rings is 3. The molecule has 7 nitrogen and oxygen atoms in total. The minimum Gasteiger partial charge on any atom is -0.493 e. The summed E-state index contributed by atoms with van der Waals surface area (Å²) in [6.07, 6.45) is 0.624. The van der Waals surface area contributed by atoms with E-state index in [1.54, 1.807) is 36.4 Å². The number of nitrogens with one attached hydrogen (secondary N) is 1. The van der Waals surface area contributed by atoms with E-state index in [0.29, 0.717) is 51.4 Å². The molecule has 0 fully saturated rings. The molecule has 0 unspecified atom stereocenters. The van der Waals surface area contributed by atoms with Crippen molar-refractivity contribution in [1.29, 1.82) is 0 Å². The Hall–Kier alpha value is -3.81. The largest absolute Gasteiger partial charge is 0.493 e. The lowest BCUT2D eigenvalue weighted by molar-refractivity contribution is -0.136. The second-order valence-corrected chi connectivity index (χ2v) is 9.46. The van der Waals surface area contributed by atoms with Crippen LogP contribution in [0.15, 0.2) is 71.1 Å². The van der Waals surface area contributed by atoms with Crippen LogP contribution in [0.1, 0.15) is 39.4 Å². The molecule has 0 aliphatic heterocycles. The molecule has 0 aliphatic rings. The lowest BCUT2D eigenvalue weighted by Crippen LogP contribution is -2.24. The van der Waals surface area contributed by atoms with Crippen molar-refractivity contribution in [2.45, 2.75) is 32.7 Å². The summed E-state index contributed by atoms with van der Waals surface area (Å²) >= 11 is 12.2. The number of hydrogen-bond acceptors (Lipinski definition) is 5. The summed E-state index contributed by atoms with van der Waals surface area (Å²) in [6.45, 7) is 2.37. The smallest absolute Gasteiger partial charge is 0.303 e. The zero-order chi connectivity index (χ0) is 27.1. The number of rotatable bonds is 11. The molecule has 38 heavy (non-hydrogen) atoms. The Morgan fingerprint density at radius 3 is 2.50 bits per heavy atom. The van der Waals surface area contributed by atoms with E-state index in [9.17, 15) is 9.59 Å². The number of oxazole rings is 1. The van der Waals surface area contributed by atoms with Crippen LogP contribution in [0, 0.1) is 6.92 Å². The van der Waals surface area contributed by atoms with Crippen molar-refractivity contribution in [3.8, 4) is 17.2 Å². The zero-order valence-corrected chi connectivity index (χ0v) is 22.2. The van der Waals surface area contributed by atoms with Gasteiger partial charge in [-0.25, -0.2) is 4.98 Å². The second-order valence-electron chi connectivity index (χ2n) is 8.62. The molecule has 9 heteroatoms. The van der Waals surface area contributed by atoms with Gasteiger partial charge in [0, 0.05) is 40.6 Å². The van der Waals surface area contributed by atoms with E-state index in [4.69, 9.17) is 37.5 Å². The fourth-order valence-corrected chi connectivity index (χ4v) is 4.36. The third-order valence-electron chi connectivity index (χ3n) is 5.91. The number of halogens is 2. The highest BCUT2D eigenvalue weighted by atomic mass is 35.5. The lowest BCUT2D eigenvalue weighted by atomic mass is 10.0. The van der Waals surface area contributed by atoms with Crippen molar-refractivity contribution in [2.24, 2.45) is 0 Å². The molecule has 0 radical (unpaired) electrons. The summed E-state index contributed by atoms with van der Waals surface area (Å²) in [5.41, 5.74) is 3.36. The third kappa shape index (κ3) is 7.15. The maximum Gasteiger partial charge on any atom is 0.303 e. The number of carbonyl (C=O) groups excluding carboxylic acids is 1. The zero-order valence-electron chi connectivity index (χ0n) is 20.7. The maximum atomic E-state index is 13.1. The van der Waals surface area contributed by atoms with Crippen LogP contribution in [-0.4, -0.2) is 28.6 Å². The molecule has 0 saturated heterocycles. The summed E-state index contributed by atoms with van der Waals surface area (Å²) in [5, 5.41) is 12.9. The van der Waals surface area contributed by atoms with E-state index in [1.165, 1.54) is 0 Å². The van der Waals surface area contributed by atoms with Gasteiger partial charge in [0.1, 0.15) is 11.5 Å². The first-order valence-corrected chi connectivity index (χ1v) is 12.8. The van der Waals surface area contributed by atoms with E-state index in [-0.39, 0.29) is 25.3 Å². The molecule has 0 bridgehead atoms. The van der Waals surface area contributed by atoms with Gasteiger partial charge in [-0.2, -0.15) is 0 Å². The van der Waals surface area contributed by atoms with Crippen LogP contribution in [0.25, 0.3) is 11.5 Å². The quantitative estimate of drug-likeness (QED) is 0.219. The molecule has 1 aromatic heterocycles. The van der Waals surface area contributed by atoms with Gasteiger partial charge in [-0.3, -0.25) is 9.59 Å². The molecular formula is C29H26Cl2N2O5. The van der Waals surface area contributed by atoms with Gasteiger partial charge in [0.05, 0.1) is 12.3 Å². The van der Waals surface area contributed by atoms with Crippen LogP contribution >= 0.6 is 23.2 Å². The molecule has 3 aromatic carbocycles. The SMILES string of the molecule is Cc1oc(-c2ccccc2)nc1CCOc1ccc(CCC(=O)O)c(C(=O)NCc2ccc(Cl)cc2Cl)c1. The van der Waals surface area contributed by atoms with Gasteiger partial charge in [-0.15, -0.1) is 0 Å². The van der Waals surface area contributed by atoms with Crippen molar-refractivity contribution >= 4 is 35.1 Å². The lowest BCUT2D eigenvalue weighted by Gasteiger charge is -2.13. The molecular weight excluding hydrogens is 527 g/mol. The van der Waals surface area contributed by atoms with Crippen LogP contribution in [0.2, 0.25) is 10.0 Å². The maximum absolute atomic E-state index is 13.1. The first kappa shape index (κ1) is 27.2. The minimum atomic E-state index is -0.942. The summed E-state index contributed by atoms with van der Waals surface area (Å²) < 4.78 is 11.7. The van der Waals surface area contributed by atoms with Crippen LogP contribution in [0.3, 0.4) is 0 Å². The molecule has 4 aromatic rings. The number of aromatic nitrogens is 1. The monoisotopic (exact) mass is 552 g/mol. The standard InChI is InChI=1S/C29H26Cl2N2O5/c1-18-26(33-29(38-18)20-5-3-2-4-6-20)13-14-37-23-11-8-19(9-12-27(34)35)24(16-23)28(36)32-17-21-7-10-22(30)15-25(21)31/h2-8,10-11,15-16H,9,12-14,17H2,1H3,(H,32,36)(H,34,35). The number of aliphatic carboxylic acids is 1. The highest BCUT2D eigenvalue weighted by molar-refractivity contribution is 6.35. The molecule has 0 aliphatic carbocycles. The number of nitrogens with zero attached hydrogens (tertiary/aromatic N) is 1. The summed E-state index contributed by atoms with van der Waals surface area (Å²) in [7, 11) is 0. The van der Waals surface area contributed by atoms with Gasteiger partial charge < -0.3 is 19.6 Å². The van der Waals surface area contributed by atoms with Crippen LogP contribution in [0.5, 0.6) is 5.75 Å². The topological polar surface area (TPSA) is 102 Å². The second kappa shape index (κ2) is 12.6. The number of ether oxygens (including phenoxy) is 1. The van der Waals surface area contributed by atoms with Gasteiger partial charge in [-0.05, 0) is 60.9 Å². The predicted molar refractivity (Wildman–Crippen MR) is 146 cm³/mol. The van der Waals surface area contributed by atoms with E-state index in [1.807, 2.05) is 37.3 Å². The molecule has 0 atom stereocenters. The molecule has 1 heterocycles. The first-order valence-electron chi connectivity index (χ1n) is 12.0. The number of carboxylic acid groups (broad SMARTS) is 1. The summed E-state index contributed by atoms with van der Waals surface area (Å²) in [4.78, 5) is 28.8. The molecule has 0 spiro atoms. The number of carbonyl (C=O) groups is 2. The number of carboxylic acids is 1. The van der Waals surface area contributed by atoms with E-state index < -0.39 is 5.97 Å². The Morgan fingerprint density at radius 1 is 1.00 bits per heavy atom. The van der Waals surface area contributed by atoms with E-state index in [2.05, 4.69) is 10.3 Å². The molecule has 1 amide bonds. The number of amides is 1. The fourth-order valence-electron chi connectivity index (χ4n) is 3.88. The van der Waals surface area contributed by atoms with Crippen LogP contribution in [0.4, 0.5) is 0 Å². The molecule has 196 valence electrons. The van der Waals surface area contributed by atoms with Crippen molar-refractivity contribution < 1.29 is 23.8 Å². The predicted octanol–water partition coefficient (Wildman–Crippen LogP) is 6.53. The molecule has 2 N–H and O–H groups in total. The van der Waals surface area contributed by atoms with Gasteiger partial charge in [-0.1, -0.05) is 53.5 Å². The van der Waals surface area contributed by atoms with Crippen molar-refractivity contribution in [2.75, 3.05) is 6.61 Å². The first-order chi connectivity index (χ1) is 18.3. The van der Waals surface area contributed by atoms with E-state index >= 15 is 0 Å². The Bertz CT molecular complexity index is 1440. The number of hydrogen-bond donors (Lipinski definition) is 2. The summed E-state index contributed by atoms with van der Waals surface area (Å²) in [6, 6.07) is 19.8. The average Bonchev–Trinajstić information content (AvgIpc) is 3.28. The normalized spacial score (nSPS) is 10.8. The minimum absolute atomic E-state index is 0.0985. The summed E-state index contributed by atoms with van der Waals surface area (Å²) in [5.74, 6) is 0.463. The molecule has 4 rings (SSSR count). The van der Waals surface area contributed by atoms with Gasteiger partial charge in [0.2, 0.25) is 5.89 Å². The van der Waals surface area contributed by atoms with Gasteiger partial charge >= 0.3 is 5.97 Å². The van der Waals surface area contributed by atoms with E-state index in [0.717, 1.165) is 17.0 Å². The van der Waals surface area contributed by atoms with Gasteiger partial charge in [0.15, 0.2) is 0 Å². The van der Waals surface area contributed by atoms with Crippen molar-refractivity contribution in [3.63, 3.8) is 0 Å². The Morgan fingerprint density at radius 2 is 1.76 bits per heavy atom. The Labute approximate surface area is 230 Å². The Kier molecular flexibility index (Phi) is 9.05. The van der Waals surface area contributed by atoms with Crippen molar-refractivity contribution in [1.82, 2.24) is 10.3 Å².